The van der Waals surface area contributed by atoms with Gasteiger partial charge >= 0.3 is 0 Å². The Morgan fingerprint density at radius 2 is 1.86 bits per heavy atom. The third-order valence-electron chi connectivity index (χ3n) is 3.68. The van der Waals surface area contributed by atoms with Crippen molar-refractivity contribution in [2.75, 3.05) is 11.9 Å². The molecule has 0 bridgehead atoms. The normalized spacial score (nSPS) is 10.3. The molecule has 0 saturated heterocycles. The lowest BCUT2D eigenvalue weighted by Gasteiger charge is -2.13. The summed E-state index contributed by atoms with van der Waals surface area (Å²) in [6, 6.07) is 13.9. The van der Waals surface area contributed by atoms with Crippen LogP contribution in [0.15, 0.2) is 42.5 Å². The van der Waals surface area contributed by atoms with E-state index in [-0.39, 0.29) is 12.5 Å². The largest absolute Gasteiger partial charge is 0.484 e. The van der Waals surface area contributed by atoms with Gasteiger partial charge in [0.05, 0.1) is 0 Å². The average molecular weight is 297 g/mol. The van der Waals surface area contributed by atoms with Gasteiger partial charge in [-0.1, -0.05) is 44.2 Å². The number of amides is 1. The summed E-state index contributed by atoms with van der Waals surface area (Å²) in [5.41, 5.74) is 4.31. The lowest BCUT2D eigenvalue weighted by atomic mass is 10.1. The number of carbonyl (C=O) groups excluding carboxylic acids is 1. The molecule has 0 aliphatic heterocycles. The number of benzene rings is 2. The fourth-order valence-corrected chi connectivity index (χ4v) is 2.38. The first kappa shape index (κ1) is 16.1. The molecule has 0 saturated carbocycles. The highest BCUT2D eigenvalue weighted by Gasteiger charge is 2.09. The highest BCUT2D eigenvalue weighted by Crippen LogP contribution is 2.21. The van der Waals surface area contributed by atoms with Crippen LogP contribution in [0.1, 0.15) is 30.5 Å². The van der Waals surface area contributed by atoms with Crippen LogP contribution in [0.4, 0.5) is 5.69 Å². The fourth-order valence-electron chi connectivity index (χ4n) is 2.38. The number of nitrogens with one attached hydrogen (secondary N) is 1. The van der Waals surface area contributed by atoms with Gasteiger partial charge in [0.25, 0.3) is 5.91 Å². The Morgan fingerprint density at radius 1 is 1.09 bits per heavy atom. The number of para-hydroxylation sites is 1. The third-order valence-corrected chi connectivity index (χ3v) is 3.68. The van der Waals surface area contributed by atoms with Crippen LogP contribution in [0.3, 0.4) is 0 Å². The van der Waals surface area contributed by atoms with E-state index in [2.05, 4.69) is 19.2 Å². The maximum Gasteiger partial charge on any atom is 0.262 e. The van der Waals surface area contributed by atoms with Crippen LogP contribution in [-0.2, 0) is 17.6 Å². The molecule has 0 fully saturated rings. The molecule has 0 aliphatic carbocycles. The number of anilines is 1. The quantitative estimate of drug-likeness (QED) is 0.870. The summed E-state index contributed by atoms with van der Waals surface area (Å²) in [6.45, 7) is 6.19. The zero-order valence-electron chi connectivity index (χ0n) is 13.5. The first-order valence-electron chi connectivity index (χ1n) is 7.74. The second-order valence-corrected chi connectivity index (χ2v) is 5.30. The van der Waals surface area contributed by atoms with E-state index in [9.17, 15) is 4.79 Å². The van der Waals surface area contributed by atoms with Crippen molar-refractivity contribution in [1.29, 1.82) is 0 Å². The van der Waals surface area contributed by atoms with E-state index in [1.54, 1.807) is 0 Å². The monoisotopic (exact) mass is 297 g/mol. The van der Waals surface area contributed by atoms with E-state index in [4.69, 9.17) is 4.74 Å². The summed E-state index contributed by atoms with van der Waals surface area (Å²) >= 11 is 0. The molecule has 0 spiro atoms. The van der Waals surface area contributed by atoms with Crippen molar-refractivity contribution in [2.24, 2.45) is 0 Å². The van der Waals surface area contributed by atoms with Crippen molar-refractivity contribution in [3.8, 4) is 5.75 Å². The first-order chi connectivity index (χ1) is 10.6. The van der Waals surface area contributed by atoms with Crippen LogP contribution < -0.4 is 10.1 Å². The molecule has 1 N–H and O–H groups in total. The molecule has 22 heavy (non-hydrogen) atoms. The van der Waals surface area contributed by atoms with Crippen LogP contribution in [0.25, 0.3) is 0 Å². The number of hydrogen-bond donors (Lipinski definition) is 1. The molecule has 0 aromatic heterocycles. The van der Waals surface area contributed by atoms with Gasteiger partial charge in [0.1, 0.15) is 5.75 Å². The lowest BCUT2D eigenvalue weighted by Crippen LogP contribution is -2.21. The molecule has 3 nitrogen and oxygen atoms in total. The summed E-state index contributed by atoms with van der Waals surface area (Å²) in [5.74, 6) is 0.598. The zero-order valence-corrected chi connectivity index (χ0v) is 13.5. The van der Waals surface area contributed by atoms with Crippen LogP contribution in [0.5, 0.6) is 5.75 Å². The maximum atomic E-state index is 12.1. The zero-order chi connectivity index (χ0) is 15.9. The molecule has 116 valence electrons. The van der Waals surface area contributed by atoms with Crippen LogP contribution in [-0.4, -0.2) is 12.5 Å². The molecule has 0 radical (unpaired) electrons. The molecular formula is C19H23NO2. The summed E-state index contributed by atoms with van der Waals surface area (Å²) in [5, 5.41) is 2.96. The molecule has 2 aromatic rings. The standard InChI is InChI=1S/C19H23NO2/c1-4-15-9-7-11-17(12-15)22-13-18(21)20-19-14(3)8-6-10-16(19)5-2/h6-12H,4-5,13H2,1-3H3,(H,20,21). The minimum atomic E-state index is -0.133. The number of aryl methyl sites for hydroxylation is 3. The van der Waals surface area contributed by atoms with E-state index in [0.717, 1.165) is 35.4 Å². The Balaban J connectivity index is 1.99. The Labute approximate surface area is 132 Å². The lowest BCUT2D eigenvalue weighted by molar-refractivity contribution is -0.118. The van der Waals surface area contributed by atoms with Crippen LogP contribution in [0.2, 0.25) is 0 Å². The summed E-state index contributed by atoms with van der Waals surface area (Å²) in [6.07, 6.45) is 1.84. The van der Waals surface area contributed by atoms with Crippen molar-refractivity contribution >= 4 is 11.6 Å². The highest BCUT2D eigenvalue weighted by molar-refractivity contribution is 5.93. The molecule has 1 amide bonds. The Morgan fingerprint density at radius 3 is 2.59 bits per heavy atom. The second-order valence-electron chi connectivity index (χ2n) is 5.30. The van der Waals surface area contributed by atoms with Gasteiger partial charge in [-0.3, -0.25) is 4.79 Å². The third kappa shape index (κ3) is 4.10. The number of rotatable bonds is 6. The minimum Gasteiger partial charge on any atom is -0.484 e. The molecule has 2 rings (SSSR count). The predicted octanol–water partition coefficient (Wildman–Crippen LogP) is 4.14. The van der Waals surface area contributed by atoms with Crippen molar-refractivity contribution in [3.05, 3.63) is 59.2 Å². The predicted molar refractivity (Wildman–Crippen MR) is 90.5 cm³/mol. The SMILES string of the molecule is CCc1cccc(OCC(=O)Nc2c(C)cccc2CC)c1. The smallest absolute Gasteiger partial charge is 0.262 e. The van der Waals surface area contributed by atoms with E-state index >= 15 is 0 Å². The molecular weight excluding hydrogens is 274 g/mol. The summed E-state index contributed by atoms with van der Waals surface area (Å²) in [7, 11) is 0. The molecule has 3 heteroatoms. The Hall–Kier alpha value is -2.29. The van der Waals surface area contributed by atoms with Crippen LogP contribution in [0, 0.1) is 6.92 Å². The fraction of sp³-hybridized carbons (Fsp3) is 0.316. The minimum absolute atomic E-state index is 0.0185. The van der Waals surface area contributed by atoms with Gasteiger partial charge in [0.15, 0.2) is 6.61 Å². The van der Waals surface area contributed by atoms with Crippen molar-refractivity contribution in [2.45, 2.75) is 33.6 Å². The van der Waals surface area contributed by atoms with E-state index in [1.165, 1.54) is 5.56 Å². The molecule has 2 aromatic carbocycles. The average Bonchev–Trinajstić information content (AvgIpc) is 2.55. The van der Waals surface area contributed by atoms with Gasteiger partial charge in [-0.2, -0.15) is 0 Å². The van der Waals surface area contributed by atoms with Crippen molar-refractivity contribution in [3.63, 3.8) is 0 Å². The summed E-state index contributed by atoms with van der Waals surface area (Å²) in [4.78, 5) is 12.1. The van der Waals surface area contributed by atoms with Crippen LogP contribution >= 0.6 is 0 Å². The van der Waals surface area contributed by atoms with Crippen molar-refractivity contribution < 1.29 is 9.53 Å². The van der Waals surface area contributed by atoms with Gasteiger partial charge in [-0.05, 0) is 48.6 Å². The van der Waals surface area contributed by atoms with Crippen molar-refractivity contribution in [1.82, 2.24) is 0 Å². The van der Waals surface area contributed by atoms with Gasteiger partial charge in [0, 0.05) is 5.69 Å². The first-order valence-corrected chi connectivity index (χ1v) is 7.74. The van der Waals surface area contributed by atoms with E-state index in [1.807, 2.05) is 49.4 Å². The number of ether oxygens (including phenoxy) is 1. The molecule has 0 heterocycles. The van der Waals surface area contributed by atoms with Gasteiger partial charge in [0.2, 0.25) is 0 Å². The van der Waals surface area contributed by atoms with Gasteiger partial charge in [-0.25, -0.2) is 0 Å². The van der Waals surface area contributed by atoms with Gasteiger partial charge < -0.3 is 10.1 Å². The van der Waals surface area contributed by atoms with Gasteiger partial charge in [-0.15, -0.1) is 0 Å². The maximum absolute atomic E-state index is 12.1. The number of hydrogen-bond acceptors (Lipinski definition) is 2. The van der Waals surface area contributed by atoms with E-state index < -0.39 is 0 Å². The Bertz CT molecular complexity index is 650. The second kappa shape index (κ2) is 7.64. The van der Waals surface area contributed by atoms with E-state index in [0.29, 0.717) is 0 Å². The molecule has 0 atom stereocenters. The number of carbonyl (C=O) groups is 1. The summed E-state index contributed by atoms with van der Waals surface area (Å²) < 4.78 is 5.58. The topological polar surface area (TPSA) is 38.3 Å². The molecule has 0 aliphatic rings. The highest BCUT2D eigenvalue weighted by atomic mass is 16.5. The Kier molecular flexibility index (Phi) is 5.59. The molecule has 0 unspecified atom stereocenters.